The summed E-state index contributed by atoms with van der Waals surface area (Å²) in [5.74, 6) is 0.695. The highest BCUT2D eigenvalue weighted by Gasteiger charge is 2.07. The van der Waals surface area contributed by atoms with E-state index in [0.29, 0.717) is 17.9 Å². The number of aliphatic hydroxyl groups excluding tert-OH is 1. The molecule has 0 aliphatic carbocycles. The van der Waals surface area contributed by atoms with Crippen LogP contribution in [0.5, 0.6) is 5.75 Å². The predicted molar refractivity (Wildman–Crippen MR) is 70.9 cm³/mol. The van der Waals surface area contributed by atoms with E-state index in [1.54, 1.807) is 19.2 Å². The van der Waals surface area contributed by atoms with E-state index in [1.165, 1.54) is 0 Å². The van der Waals surface area contributed by atoms with E-state index >= 15 is 0 Å². The standard InChI is InChI=1S/C13H20N2O3/c1-10(5-4-8-16)14-13(17)15-11-6-3-7-12(9-11)18-2/h3,6-7,9-10,16H,4-5,8H2,1-2H3,(H2,14,15,17). The van der Waals surface area contributed by atoms with Crippen LogP contribution in [0.15, 0.2) is 24.3 Å². The van der Waals surface area contributed by atoms with Gasteiger partial charge in [-0.25, -0.2) is 4.79 Å². The van der Waals surface area contributed by atoms with E-state index in [2.05, 4.69) is 10.6 Å². The summed E-state index contributed by atoms with van der Waals surface area (Å²) in [6.45, 7) is 2.05. The van der Waals surface area contributed by atoms with Gasteiger partial charge in [-0.05, 0) is 31.9 Å². The van der Waals surface area contributed by atoms with Crippen molar-refractivity contribution in [2.24, 2.45) is 0 Å². The number of rotatable bonds is 6. The summed E-state index contributed by atoms with van der Waals surface area (Å²) in [5.41, 5.74) is 0.682. The summed E-state index contributed by atoms with van der Waals surface area (Å²) in [7, 11) is 1.58. The van der Waals surface area contributed by atoms with Crippen LogP contribution in [0.25, 0.3) is 0 Å². The van der Waals surface area contributed by atoms with Gasteiger partial charge in [0.15, 0.2) is 0 Å². The zero-order chi connectivity index (χ0) is 13.4. The predicted octanol–water partition coefficient (Wildman–Crippen LogP) is 1.98. The van der Waals surface area contributed by atoms with Crippen molar-refractivity contribution >= 4 is 11.7 Å². The van der Waals surface area contributed by atoms with E-state index < -0.39 is 0 Å². The van der Waals surface area contributed by atoms with Crippen molar-refractivity contribution in [1.29, 1.82) is 0 Å². The minimum Gasteiger partial charge on any atom is -0.497 e. The molecule has 18 heavy (non-hydrogen) atoms. The normalized spacial score (nSPS) is 11.7. The number of hydrogen-bond acceptors (Lipinski definition) is 3. The second-order valence-corrected chi connectivity index (χ2v) is 4.10. The summed E-state index contributed by atoms with van der Waals surface area (Å²) in [6, 6.07) is 6.94. The summed E-state index contributed by atoms with van der Waals surface area (Å²) in [6.07, 6.45) is 1.43. The molecule has 5 nitrogen and oxygen atoms in total. The lowest BCUT2D eigenvalue weighted by Crippen LogP contribution is -2.36. The molecule has 1 aromatic rings. The SMILES string of the molecule is COc1cccc(NC(=O)NC(C)CCCO)c1. The quantitative estimate of drug-likeness (QED) is 0.725. The van der Waals surface area contributed by atoms with Gasteiger partial charge in [-0.2, -0.15) is 0 Å². The first-order chi connectivity index (χ1) is 8.65. The molecule has 3 N–H and O–H groups in total. The highest BCUT2D eigenvalue weighted by molar-refractivity contribution is 5.89. The molecule has 1 unspecified atom stereocenters. The summed E-state index contributed by atoms with van der Waals surface area (Å²) >= 11 is 0. The number of urea groups is 1. The van der Waals surface area contributed by atoms with Crippen molar-refractivity contribution in [3.05, 3.63) is 24.3 Å². The molecule has 0 aliphatic heterocycles. The monoisotopic (exact) mass is 252 g/mol. The maximum atomic E-state index is 11.7. The molecule has 0 aromatic heterocycles. The van der Waals surface area contributed by atoms with Crippen LogP contribution in [0, 0.1) is 0 Å². The molecule has 0 heterocycles. The van der Waals surface area contributed by atoms with Gasteiger partial charge < -0.3 is 20.5 Å². The first-order valence-electron chi connectivity index (χ1n) is 5.98. The molecular weight excluding hydrogens is 232 g/mol. The second-order valence-electron chi connectivity index (χ2n) is 4.10. The third-order valence-corrected chi connectivity index (χ3v) is 2.50. The lowest BCUT2D eigenvalue weighted by atomic mass is 10.2. The van der Waals surface area contributed by atoms with Crippen LogP contribution in [0.1, 0.15) is 19.8 Å². The molecule has 0 saturated heterocycles. The number of anilines is 1. The number of carbonyl (C=O) groups is 1. The molecular formula is C13H20N2O3. The fourth-order valence-electron chi connectivity index (χ4n) is 1.56. The van der Waals surface area contributed by atoms with Crippen molar-refractivity contribution in [3.8, 4) is 5.75 Å². The molecule has 100 valence electrons. The fourth-order valence-corrected chi connectivity index (χ4v) is 1.56. The summed E-state index contributed by atoms with van der Waals surface area (Å²) in [4.78, 5) is 11.7. The minimum atomic E-state index is -0.256. The molecule has 5 heteroatoms. The molecule has 0 fully saturated rings. The number of methoxy groups -OCH3 is 1. The van der Waals surface area contributed by atoms with Gasteiger partial charge in [0.25, 0.3) is 0 Å². The summed E-state index contributed by atoms with van der Waals surface area (Å²) < 4.78 is 5.07. The lowest BCUT2D eigenvalue weighted by Gasteiger charge is -2.14. The molecule has 1 rings (SSSR count). The maximum absolute atomic E-state index is 11.7. The Morgan fingerprint density at radius 3 is 2.94 bits per heavy atom. The van der Waals surface area contributed by atoms with Gasteiger partial charge in [0.2, 0.25) is 0 Å². The van der Waals surface area contributed by atoms with E-state index in [0.717, 1.165) is 6.42 Å². The van der Waals surface area contributed by atoms with E-state index in [4.69, 9.17) is 9.84 Å². The van der Waals surface area contributed by atoms with Crippen LogP contribution in [0.2, 0.25) is 0 Å². The first-order valence-corrected chi connectivity index (χ1v) is 5.98. The van der Waals surface area contributed by atoms with Gasteiger partial charge >= 0.3 is 6.03 Å². The van der Waals surface area contributed by atoms with Gasteiger partial charge in [-0.1, -0.05) is 6.07 Å². The van der Waals surface area contributed by atoms with Gasteiger partial charge in [0, 0.05) is 24.4 Å². The topological polar surface area (TPSA) is 70.6 Å². The molecule has 1 aromatic carbocycles. The third-order valence-electron chi connectivity index (χ3n) is 2.50. The van der Waals surface area contributed by atoms with Gasteiger partial charge in [-0.3, -0.25) is 0 Å². The largest absolute Gasteiger partial charge is 0.497 e. The van der Waals surface area contributed by atoms with Gasteiger partial charge in [0.05, 0.1) is 7.11 Å². The molecule has 0 bridgehead atoms. The first kappa shape index (κ1) is 14.3. The fraction of sp³-hybridized carbons (Fsp3) is 0.462. The Labute approximate surface area is 107 Å². The van der Waals surface area contributed by atoms with E-state index in [-0.39, 0.29) is 18.7 Å². The molecule has 0 spiro atoms. The Hall–Kier alpha value is -1.75. The average molecular weight is 252 g/mol. The highest BCUT2D eigenvalue weighted by Crippen LogP contribution is 2.16. The zero-order valence-electron chi connectivity index (χ0n) is 10.8. The Morgan fingerprint density at radius 1 is 1.50 bits per heavy atom. The number of nitrogens with one attached hydrogen (secondary N) is 2. The molecule has 1 atom stereocenters. The molecule has 0 aliphatic rings. The van der Waals surface area contributed by atoms with Crippen molar-refractivity contribution in [2.45, 2.75) is 25.8 Å². The number of hydrogen-bond donors (Lipinski definition) is 3. The maximum Gasteiger partial charge on any atom is 0.319 e. The van der Waals surface area contributed by atoms with Crippen LogP contribution in [0.4, 0.5) is 10.5 Å². The molecule has 2 amide bonds. The molecule has 0 saturated carbocycles. The van der Waals surface area contributed by atoms with Crippen LogP contribution in [-0.4, -0.2) is 30.9 Å². The van der Waals surface area contributed by atoms with Crippen molar-refractivity contribution < 1.29 is 14.6 Å². The van der Waals surface area contributed by atoms with Crippen LogP contribution in [-0.2, 0) is 0 Å². The number of amides is 2. The van der Waals surface area contributed by atoms with Crippen molar-refractivity contribution in [1.82, 2.24) is 5.32 Å². The second kappa shape index (κ2) is 7.55. The Balaban J connectivity index is 2.43. The van der Waals surface area contributed by atoms with Crippen molar-refractivity contribution in [3.63, 3.8) is 0 Å². The van der Waals surface area contributed by atoms with Crippen LogP contribution in [0.3, 0.4) is 0 Å². The van der Waals surface area contributed by atoms with Crippen LogP contribution >= 0.6 is 0 Å². The average Bonchev–Trinajstić information content (AvgIpc) is 2.36. The minimum absolute atomic E-state index is 0.0303. The lowest BCUT2D eigenvalue weighted by molar-refractivity contribution is 0.245. The Kier molecular flexibility index (Phi) is 6.00. The third kappa shape index (κ3) is 5.05. The Bertz CT molecular complexity index is 382. The van der Waals surface area contributed by atoms with Crippen LogP contribution < -0.4 is 15.4 Å². The van der Waals surface area contributed by atoms with Gasteiger partial charge in [0.1, 0.15) is 5.75 Å². The number of aliphatic hydroxyl groups is 1. The van der Waals surface area contributed by atoms with E-state index in [9.17, 15) is 4.79 Å². The van der Waals surface area contributed by atoms with Gasteiger partial charge in [-0.15, -0.1) is 0 Å². The number of ether oxygens (including phenoxy) is 1. The Morgan fingerprint density at radius 2 is 2.28 bits per heavy atom. The number of benzene rings is 1. The van der Waals surface area contributed by atoms with Crippen molar-refractivity contribution in [2.75, 3.05) is 19.0 Å². The zero-order valence-corrected chi connectivity index (χ0v) is 10.8. The molecule has 0 radical (unpaired) electrons. The highest BCUT2D eigenvalue weighted by atomic mass is 16.5. The number of carbonyl (C=O) groups excluding carboxylic acids is 1. The smallest absolute Gasteiger partial charge is 0.319 e. The summed E-state index contributed by atoms with van der Waals surface area (Å²) in [5, 5.41) is 14.2. The van der Waals surface area contributed by atoms with E-state index in [1.807, 2.05) is 19.1 Å².